The molecule has 0 aromatic heterocycles. The molecule has 114 valence electrons. The topological polar surface area (TPSA) is 67.4 Å². The molecule has 0 fully saturated rings. The van der Waals surface area contributed by atoms with Crippen molar-refractivity contribution in [2.45, 2.75) is 40.0 Å². The lowest BCUT2D eigenvalue weighted by atomic mass is 10.1. The number of hydrogen-bond acceptors (Lipinski definition) is 4. The molecule has 0 heterocycles. The van der Waals surface area contributed by atoms with Gasteiger partial charge in [0.15, 0.2) is 0 Å². The maximum absolute atomic E-state index is 11.5. The molecule has 0 bridgehead atoms. The largest absolute Gasteiger partial charge is 0.465 e. The van der Waals surface area contributed by atoms with E-state index in [0.717, 1.165) is 19.4 Å². The van der Waals surface area contributed by atoms with Crippen LogP contribution in [-0.2, 0) is 14.3 Å². The summed E-state index contributed by atoms with van der Waals surface area (Å²) >= 11 is 0. The van der Waals surface area contributed by atoms with Gasteiger partial charge in [-0.05, 0) is 39.8 Å². The average molecular weight is 282 g/mol. The molecule has 0 saturated heterocycles. The standard InChI is InChI=1S/C15H26N2O3/c1-4-6-10-16-11-13(3)8-7-9-14(18)17-12-15(19)20-5-2/h4,6,11,16H,5,7-10,12H2,1-3H3,(H,17,18)/b6-4-,13-11+. The molecule has 20 heavy (non-hydrogen) atoms. The van der Waals surface area contributed by atoms with Crippen LogP contribution in [0.1, 0.15) is 40.0 Å². The summed E-state index contributed by atoms with van der Waals surface area (Å²) in [6, 6.07) is 0. The second-order valence-electron chi connectivity index (χ2n) is 4.40. The van der Waals surface area contributed by atoms with Gasteiger partial charge < -0.3 is 15.4 Å². The molecule has 0 aromatic carbocycles. The zero-order valence-electron chi connectivity index (χ0n) is 12.7. The molecule has 0 aliphatic carbocycles. The molecule has 0 aromatic rings. The van der Waals surface area contributed by atoms with Crippen molar-refractivity contribution < 1.29 is 14.3 Å². The molecule has 5 heteroatoms. The van der Waals surface area contributed by atoms with E-state index in [4.69, 9.17) is 4.74 Å². The summed E-state index contributed by atoms with van der Waals surface area (Å²) in [5.41, 5.74) is 1.20. The van der Waals surface area contributed by atoms with Gasteiger partial charge in [-0.1, -0.05) is 17.7 Å². The molecule has 0 rings (SSSR count). The van der Waals surface area contributed by atoms with Gasteiger partial charge in [0.1, 0.15) is 6.54 Å². The average Bonchev–Trinajstić information content (AvgIpc) is 2.42. The lowest BCUT2D eigenvalue weighted by Crippen LogP contribution is -2.30. The van der Waals surface area contributed by atoms with Crippen molar-refractivity contribution in [1.29, 1.82) is 0 Å². The number of allylic oxidation sites excluding steroid dienone is 2. The van der Waals surface area contributed by atoms with Crippen LogP contribution in [0.5, 0.6) is 0 Å². The summed E-state index contributed by atoms with van der Waals surface area (Å²) in [7, 11) is 0. The van der Waals surface area contributed by atoms with E-state index >= 15 is 0 Å². The van der Waals surface area contributed by atoms with Crippen LogP contribution in [0.15, 0.2) is 23.9 Å². The zero-order valence-corrected chi connectivity index (χ0v) is 12.7. The molecule has 0 aliphatic heterocycles. The highest BCUT2D eigenvalue weighted by molar-refractivity contribution is 5.81. The summed E-state index contributed by atoms with van der Waals surface area (Å²) in [6.45, 7) is 6.84. The molecule has 0 atom stereocenters. The van der Waals surface area contributed by atoms with E-state index in [1.54, 1.807) is 6.92 Å². The minimum Gasteiger partial charge on any atom is -0.465 e. The summed E-state index contributed by atoms with van der Waals surface area (Å²) in [5.74, 6) is -0.516. The molecule has 0 unspecified atom stereocenters. The van der Waals surface area contributed by atoms with Crippen LogP contribution in [-0.4, -0.2) is 31.6 Å². The van der Waals surface area contributed by atoms with E-state index in [-0.39, 0.29) is 12.5 Å². The van der Waals surface area contributed by atoms with E-state index in [1.807, 2.05) is 32.2 Å². The second kappa shape index (κ2) is 12.3. The van der Waals surface area contributed by atoms with Crippen molar-refractivity contribution >= 4 is 11.9 Å². The van der Waals surface area contributed by atoms with E-state index in [0.29, 0.717) is 13.0 Å². The number of nitrogens with one attached hydrogen (secondary N) is 2. The Morgan fingerprint density at radius 1 is 1.25 bits per heavy atom. The highest BCUT2D eigenvalue weighted by Gasteiger charge is 2.05. The molecule has 0 radical (unpaired) electrons. The molecular formula is C15H26N2O3. The molecule has 0 aliphatic rings. The van der Waals surface area contributed by atoms with Crippen LogP contribution < -0.4 is 10.6 Å². The minimum absolute atomic E-state index is 0.0492. The Morgan fingerprint density at radius 3 is 2.65 bits per heavy atom. The van der Waals surface area contributed by atoms with Gasteiger partial charge in [-0.3, -0.25) is 9.59 Å². The Bertz CT molecular complexity index is 349. The number of carbonyl (C=O) groups is 2. The third kappa shape index (κ3) is 11.3. The van der Waals surface area contributed by atoms with E-state index < -0.39 is 5.97 Å². The van der Waals surface area contributed by atoms with Gasteiger partial charge in [-0.15, -0.1) is 0 Å². The van der Waals surface area contributed by atoms with Crippen molar-refractivity contribution in [3.63, 3.8) is 0 Å². The van der Waals surface area contributed by atoms with Gasteiger partial charge in [-0.2, -0.15) is 0 Å². The van der Waals surface area contributed by atoms with Crippen LogP contribution in [0.25, 0.3) is 0 Å². The third-order valence-electron chi connectivity index (χ3n) is 2.53. The van der Waals surface area contributed by atoms with E-state index in [9.17, 15) is 9.59 Å². The maximum Gasteiger partial charge on any atom is 0.325 e. The van der Waals surface area contributed by atoms with Crippen molar-refractivity contribution in [2.24, 2.45) is 0 Å². The fourth-order valence-corrected chi connectivity index (χ4v) is 1.49. The molecule has 0 spiro atoms. The first-order valence-corrected chi connectivity index (χ1v) is 7.02. The first kappa shape index (κ1) is 18.2. The summed E-state index contributed by atoms with van der Waals surface area (Å²) in [5, 5.41) is 5.71. The predicted molar refractivity (Wildman–Crippen MR) is 80.1 cm³/mol. The summed E-state index contributed by atoms with van der Waals surface area (Å²) in [4.78, 5) is 22.5. The molecular weight excluding hydrogens is 256 g/mol. The Morgan fingerprint density at radius 2 is 2.00 bits per heavy atom. The van der Waals surface area contributed by atoms with Gasteiger partial charge in [0.2, 0.25) is 5.91 Å². The van der Waals surface area contributed by atoms with Gasteiger partial charge in [0, 0.05) is 13.0 Å². The normalized spacial score (nSPS) is 11.4. The summed E-state index contributed by atoms with van der Waals surface area (Å²) < 4.78 is 4.72. The molecule has 0 saturated carbocycles. The smallest absolute Gasteiger partial charge is 0.325 e. The van der Waals surface area contributed by atoms with E-state index in [1.165, 1.54) is 5.57 Å². The Kier molecular flexibility index (Phi) is 11.2. The van der Waals surface area contributed by atoms with Gasteiger partial charge in [-0.25, -0.2) is 0 Å². The number of ether oxygens (including phenoxy) is 1. The number of carbonyl (C=O) groups excluding carboxylic acids is 2. The Labute approximate surface area is 121 Å². The molecule has 5 nitrogen and oxygen atoms in total. The Balaban J connectivity index is 3.67. The van der Waals surface area contributed by atoms with Crippen LogP contribution in [0, 0.1) is 0 Å². The van der Waals surface area contributed by atoms with E-state index in [2.05, 4.69) is 10.6 Å². The van der Waals surface area contributed by atoms with Crippen molar-refractivity contribution in [3.05, 3.63) is 23.9 Å². The number of hydrogen-bond donors (Lipinski definition) is 2. The zero-order chi connectivity index (χ0) is 15.2. The van der Waals surface area contributed by atoms with Crippen molar-refractivity contribution in [3.8, 4) is 0 Å². The van der Waals surface area contributed by atoms with Crippen LogP contribution >= 0.6 is 0 Å². The van der Waals surface area contributed by atoms with Gasteiger partial charge in [0.05, 0.1) is 6.61 Å². The predicted octanol–water partition coefficient (Wildman–Crippen LogP) is 1.91. The van der Waals surface area contributed by atoms with Crippen molar-refractivity contribution in [1.82, 2.24) is 10.6 Å². The SMILES string of the molecule is C/C=C\CN/C=C(\C)CCCC(=O)NCC(=O)OCC. The Hall–Kier alpha value is -1.78. The number of esters is 1. The van der Waals surface area contributed by atoms with Crippen LogP contribution in [0.4, 0.5) is 0 Å². The minimum atomic E-state index is -0.398. The number of rotatable bonds is 10. The third-order valence-corrected chi connectivity index (χ3v) is 2.53. The second-order valence-corrected chi connectivity index (χ2v) is 4.40. The molecule has 2 N–H and O–H groups in total. The highest BCUT2D eigenvalue weighted by atomic mass is 16.5. The fourth-order valence-electron chi connectivity index (χ4n) is 1.49. The van der Waals surface area contributed by atoms with Gasteiger partial charge in [0.25, 0.3) is 0 Å². The van der Waals surface area contributed by atoms with Crippen LogP contribution in [0.3, 0.4) is 0 Å². The fraction of sp³-hybridized carbons (Fsp3) is 0.600. The quantitative estimate of drug-likeness (QED) is 0.365. The molecule has 1 amide bonds. The lowest BCUT2D eigenvalue weighted by molar-refractivity contribution is -0.143. The van der Waals surface area contributed by atoms with Crippen LogP contribution in [0.2, 0.25) is 0 Å². The first-order chi connectivity index (χ1) is 9.60. The van der Waals surface area contributed by atoms with Crippen molar-refractivity contribution in [2.75, 3.05) is 19.7 Å². The monoisotopic (exact) mass is 282 g/mol. The highest BCUT2D eigenvalue weighted by Crippen LogP contribution is 2.05. The van der Waals surface area contributed by atoms with Gasteiger partial charge >= 0.3 is 5.97 Å². The lowest BCUT2D eigenvalue weighted by Gasteiger charge is -2.05. The maximum atomic E-state index is 11.5. The summed E-state index contributed by atoms with van der Waals surface area (Å²) in [6.07, 6.45) is 8.03. The number of amides is 1. The first-order valence-electron chi connectivity index (χ1n) is 7.02.